The highest BCUT2D eigenvalue weighted by molar-refractivity contribution is 7.99. The fourth-order valence-corrected chi connectivity index (χ4v) is 4.41. The van der Waals surface area contributed by atoms with Gasteiger partial charge in [0.25, 0.3) is 11.7 Å². The van der Waals surface area contributed by atoms with Gasteiger partial charge in [0, 0.05) is 16.2 Å². The minimum atomic E-state index is -0.221. The van der Waals surface area contributed by atoms with E-state index in [1.807, 2.05) is 62.4 Å². The van der Waals surface area contributed by atoms with Crippen LogP contribution in [0.1, 0.15) is 23.7 Å². The summed E-state index contributed by atoms with van der Waals surface area (Å²) in [5.74, 6) is 1.00. The Kier molecular flexibility index (Phi) is 6.18. The Morgan fingerprint density at radius 3 is 2.68 bits per heavy atom. The van der Waals surface area contributed by atoms with Gasteiger partial charge in [-0.25, -0.2) is 4.98 Å². The molecule has 0 saturated carbocycles. The number of fused-ring (bicyclic) bond motifs is 1. The van der Waals surface area contributed by atoms with E-state index in [1.165, 1.54) is 18.1 Å². The van der Waals surface area contributed by atoms with Crippen LogP contribution in [-0.4, -0.2) is 32.1 Å². The summed E-state index contributed by atoms with van der Waals surface area (Å²) in [5.41, 5.74) is 3.89. The Hall–Kier alpha value is -3.39. The first kappa shape index (κ1) is 20.9. The highest BCUT2D eigenvalue weighted by Crippen LogP contribution is 2.36. The Balaban J connectivity index is 1.54. The van der Waals surface area contributed by atoms with Crippen molar-refractivity contribution in [3.05, 3.63) is 71.7 Å². The molecule has 2 aromatic carbocycles. The lowest BCUT2D eigenvalue weighted by molar-refractivity contribution is -0.118. The molecule has 2 aromatic heterocycles. The van der Waals surface area contributed by atoms with Crippen molar-refractivity contribution in [2.24, 2.45) is 0 Å². The van der Waals surface area contributed by atoms with Crippen LogP contribution in [0.4, 0.5) is 5.69 Å². The number of carbonyl (C=O) groups is 1. The summed E-state index contributed by atoms with van der Waals surface area (Å²) < 4.78 is 7.35. The number of aromatic nitrogens is 4. The second-order valence-electron chi connectivity index (χ2n) is 7.05. The van der Waals surface area contributed by atoms with Crippen LogP contribution in [-0.2, 0) is 11.2 Å². The van der Waals surface area contributed by atoms with Crippen molar-refractivity contribution < 1.29 is 9.53 Å². The number of nitrogens with one attached hydrogen (secondary N) is 1. The molecule has 158 valence electrons. The molecule has 4 rings (SSSR count). The molecule has 0 saturated heterocycles. The molecule has 0 unspecified atom stereocenters. The molecule has 0 atom stereocenters. The number of para-hydroxylation sites is 1. The summed E-state index contributed by atoms with van der Waals surface area (Å²) in [6.07, 6.45) is 2.32. The van der Waals surface area contributed by atoms with Crippen LogP contribution in [0.25, 0.3) is 5.78 Å². The van der Waals surface area contributed by atoms with Crippen LogP contribution < -0.4 is 10.1 Å². The molecule has 1 amide bonds. The molecule has 0 radical (unpaired) electrons. The van der Waals surface area contributed by atoms with Crippen molar-refractivity contribution in [1.82, 2.24) is 19.6 Å². The third-order valence-electron chi connectivity index (χ3n) is 4.80. The zero-order chi connectivity index (χ0) is 21.8. The highest BCUT2D eigenvalue weighted by Gasteiger charge is 2.17. The number of nitrogens with zero attached hydrogens (tertiary/aromatic N) is 4. The molecular formula is C23H23N5O2S. The van der Waals surface area contributed by atoms with Gasteiger partial charge in [-0.2, -0.15) is 14.6 Å². The predicted molar refractivity (Wildman–Crippen MR) is 121 cm³/mol. The average Bonchev–Trinajstić information content (AvgIpc) is 3.23. The van der Waals surface area contributed by atoms with Crippen molar-refractivity contribution in [3.63, 3.8) is 0 Å². The van der Waals surface area contributed by atoms with Gasteiger partial charge in [0.2, 0.25) is 0 Å². The van der Waals surface area contributed by atoms with E-state index in [-0.39, 0.29) is 12.5 Å². The van der Waals surface area contributed by atoms with Gasteiger partial charge in [-0.05, 0) is 44.5 Å². The molecule has 0 aliphatic rings. The standard InChI is InChI=1S/C23H23N5O2S/c1-4-18-16(3)26-23-24-14-25-28(23)22(18)31-20-8-6-5-7-19(20)27-21(29)13-30-17-11-9-15(2)10-12-17/h5-12,14H,4,13H2,1-3H3,(H,27,29). The Morgan fingerprint density at radius 2 is 1.90 bits per heavy atom. The molecule has 31 heavy (non-hydrogen) atoms. The maximum Gasteiger partial charge on any atom is 0.262 e. The smallest absolute Gasteiger partial charge is 0.262 e. The minimum Gasteiger partial charge on any atom is -0.484 e. The highest BCUT2D eigenvalue weighted by atomic mass is 32.2. The van der Waals surface area contributed by atoms with E-state index in [2.05, 4.69) is 27.3 Å². The zero-order valence-corrected chi connectivity index (χ0v) is 18.4. The van der Waals surface area contributed by atoms with Crippen LogP contribution in [0.2, 0.25) is 0 Å². The van der Waals surface area contributed by atoms with Crippen LogP contribution in [0.3, 0.4) is 0 Å². The number of benzene rings is 2. The zero-order valence-electron chi connectivity index (χ0n) is 17.6. The molecule has 0 bridgehead atoms. The molecule has 0 spiro atoms. The normalized spacial score (nSPS) is 10.9. The molecule has 1 N–H and O–H groups in total. The van der Waals surface area contributed by atoms with Crippen molar-refractivity contribution in [2.45, 2.75) is 37.1 Å². The fourth-order valence-electron chi connectivity index (χ4n) is 3.20. The van der Waals surface area contributed by atoms with E-state index in [0.717, 1.165) is 38.9 Å². The summed E-state index contributed by atoms with van der Waals surface area (Å²) in [7, 11) is 0. The van der Waals surface area contributed by atoms with Gasteiger partial charge in [-0.3, -0.25) is 4.79 Å². The quantitative estimate of drug-likeness (QED) is 0.433. The van der Waals surface area contributed by atoms with Gasteiger partial charge in [-0.15, -0.1) is 0 Å². The summed E-state index contributed by atoms with van der Waals surface area (Å²) >= 11 is 1.54. The van der Waals surface area contributed by atoms with Gasteiger partial charge < -0.3 is 10.1 Å². The molecule has 0 aliphatic heterocycles. The molecule has 2 heterocycles. The Morgan fingerprint density at radius 1 is 1.13 bits per heavy atom. The van der Waals surface area contributed by atoms with Gasteiger partial charge >= 0.3 is 0 Å². The first-order valence-corrected chi connectivity index (χ1v) is 10.8. The second kappa shape index (κ2) is 9.18. The first-order valence-electron chi connectivity index (χ1n) is 10.0. The number of hydrogen-bond donors (Lipinski definition) is 1. The Labute approximate surface area is 184 Å². The number of rotatable bonds is 7. The molecule has 4 aromatic rings. The number of aryl methyl sites for hydroxylation is 2. The van der Waals surface area contributed by atoms with Gasteiger partial charge in [-0.1, -0.05) is 48.5 Å². The maximum atomic E-state index is 12.5. The van der Waals surface area contributed by atoms with Crippen LogP contribution in [0.5, 0.6) is 5.75 Å². The second-order valence-corrected chi connectivity index (χ2v) is 8.09. The lowest BCUT2D eigenvalue weighted by Crippen LogP contribution is -2.20. The van der Waals surface area contributed by atoms with Gasteiger partial charge in [0.1, 0.15) is 17.1 Å². The van der Waals surface area contributed by atoms with E-state index in [1.54, 1.807) is 4.52 Å². The van der Waals surface area contributed by atoms with Crippen molar-refractivity contribution in [1.29, 1.82) is 0 Å². The van der Waals surface area contributed by atoms with Crippen molar-refractivity contribution in [2.75, 3.05) is 11.9 Å². The summed E-state index contributed by atoms with van der Waals surface area (Å²) in [6.45, 7) is 6.01. The number of anilines is 1. The first-order chi connectivity index (χ1) is 15.0. The SMILES string of the molecule is CCc1c(C)nc2ncnn2c1Sc1ccccc1NC(=O)COc1ccc(C)cc1. The topological polar surface area (TPSA) is 81.4 Å². The third-order valence-corrected chi connectivity index (χ3v) is 5.99. The predicted octanol–water partition coefficient (Wildman–Crippen LogP) is 4.47. The molecule has 0 fully saturated rings. The summed E-state index contributed by atoms with van der Waals surface area (Å²) in [4.78, 5) is 22.2. The fraction of sp³-hybridized carbons (Fsp3) is 0.217. The van der Waals surface area contributed by atoms with E-state index in [4.69, 9.17) is 4.74 Å². The summed E-state index contributed by atoms with van der Waals surface area (Å²) in [5, 5.41) is 8.24. The number of ether oxygens (including phenoxy) is 1. The average molecular weight is 434 g/mol. The molecule has 0 aliphatic carbocycles. The molecular weight excluding hydrogens is 410 g/mol. The molecule has 8 heteroatoms. The minimum absolute atomic E-state index is 0.0655. The van der Waals surface area contributed by atoms with Gasteiger partial charge in [0.15, 0.2) is 6.61 Å². The van der Waals surface area contributed by atoms with Crippen LogP contribution in [0, 0.1) is 13.8 Å². The van der Waals surface area contributed by atoms with Crippen LogP contribution in [0.15, 0.2) is 64.8 Å². The number of amides is 1. The van der Waals surface area contributed by atoms with Crippen molar-refractivity contribution >= 4 is 29.1 Å². The third kappa shape index (κ3) is 4.69. The van der Waals surface area contributed by atoms with Crippen molar-refractivity contribution in [3.8, 4) is 5.75 Å². The monoisotopic (exact) mass is 433 g/mol. The number of carbonyl (C=O) groups excluding carboxylic acids is 1. The number of hydrogen-bond acceptors (Lipinski definition) is 6. The molecule has 7 nitrogen and oxygen atoms in total. The van der Waals surface area contributed by atoms with Crippen LogP contribution >= 0.6 is 11.8 Å². The summed E-state index contributed by atoms with van der Waals surface area (Å²) in [6, 6.07) is 15.3. The van der Waals surface area contributed by atoms with E-state index >= 15 is 0 Å². The van der Waals surface area contributed by atoms with Gasteiger partial charge in [0.05, 0.1) is 5.69 Å². The van der Waals surface area contributed by atoms with E-state index in [9.17, 15) is 4.79 Å². The van der Waals surface area contributed by atoms with E-state index < -0.39 is 0 Å². The largest absolute Gasteiger partial charge is 0.484 e. The Bertz CT molecular complexity index is 1220. The van der Waals surface area contributed by atoms with E-state index in [0.29, 0.717) is 11.5 Å². The maximum absolute atomic E-state index is 12.5. The lowest BCUT2D eigenvalue weighted by atomic mass is 10.2. The lowest BCUT2D eigenvalue weighted by Gasteiger charge is -2.15.